The van der Waals surface area contributed by atoms with Crippen LogP contribution in [0.4, 0.5) is 0 Å². The number of rotatable bonds is 17. The molecular formula is C33H47N2O5S2-. The maximum atomic E-state index is 13.4. The number of aliphatic carboxylic acids is 1. The molecule has 3 rings (SSSR count). The summed E-state index contributed by atoms with van der Waals surface area (Å²) in [5.74, 6) is -0.419. The van der Waals surface area contributed by atoms with Crippen LogP contribution in [0.1, 0.15) is 92.6 Å². The number of sulfonamides is 1. The summed E-state index contributed by atoms with van der Waals surface area (Å²) >= 11 is 1.50. The Morgan fingerprint density at radius 3 is 2.48 bits per heavy atom. The molecule has 0 aromatic heterocycles. The highest BCUT2D eigenvalue weighted by atomic mass is 32.2. The second-order valence-electron chi connectivity index (χ2n) is 11.5. The van der Waals surface area contributed by atoms with Crippen LogP contribution in [0.3, 0.4) is 0 Å². The Hall–Kier alpha value is -2.36. The van der Waals surface area contributed by atoms with Crippen molar-refractivity contribution in [3.05, 3.63) is 59.2 Å². The number of hydrogen-bond acceptors (Lipinski definition) is 6. The molecule has 0 spiro atoms. The Kier molecular flexibility index (Phi) is 13.9. The summed E-state index contributed by atoms with van der Waals surface area (Å²) in [7, 11) is -3.45. The van der Waals surface area contributed by atoms with E-state index < -0.39 is 27.9 Å². The van der Waals surface area contributed by atoms with E-state index in [1.54, 1.807) is 16.4 Å². The van der Waals surface area contributed by atoms with E-state index in [-0.39, 0.29) is 18.7 Å². The van der Waals surface area contributed by atoms with E-state index in [1.165, 1.54) is 43.9 Å². The largest absolute Gasteiger partial charge is 0.548 e. The summed E-state index contributed by atoms with van der Waals surface area (Å²) < 4.78 is 28.5. The van der Waals surface area contributed by atoms with Gasteiger partial charge < -0.3 is 15.2 Å². The summed E-state index contributed by atoms with van der Waals surface area (Å²) in [6.07, 6.45) is 11.8. The van der Waals surface area contributed by atoms with E-state index >= 15 is 0 Å². The first-order valence-corrected chi connectivity index (χ1v) is 18.3. The fourth-order valence-corrected chi connectivity index (χ4v) is 7.85. The number of benzene rings is 2. The lowest BCUT2D eigenvalue weighted by molar-refractivity contribution is -0.308. The van der Waals surface area contributed by atoms with Crippen molar-refractivity contribution in [3.63, 3.8) is 0 Å². The van der Waals surface area contributed by atoms with E-state index in [4.69, 9.17) is 0 Å². The minimum Gasteiger partial charge on any atom is -0.548 e. The minimum absolute atomic E-state index is 0.124. The van der Waals surface area contributed by atoms with Crippen LogP contribution in [0.5, 0.6) is 0 Å². The third-order valence-electron chi connectivity index (χ3n) is 8.22. The van der Waals surface area contributed by atoms with E-state index in [1.807, 2.05) is 50.4 Å². The third-order valence-corrected chi connectivity index (χ3v) is 10.8. The van der Waals surface area contributed by atoms with Gasteiger partial charge in [-0.15, -0.1) is 0 Å². The number of aryl methyl sites for hydroxylation is 1. The third kappa shape index (κ3) is 10.1. The molecule has 42 heavy (non-hydrogen) atoms. The van der Waals surface area contributed by atoms with Gasteiger partial charge in [0.1, 0.15) is 0 Å². The lowest BCUT2D eigenvalue weighted by atomic mass is 9.86. The lowest BCUT2D eigenvalue weighted by Crippen LogP contribution is -2.48. The van der Waals surface area contributed by atoms with Crippen LogP contribution < -0.4 is 10.4 Å². The molecule has 1 aliphatic rings. The predicted octanol–water partition coefficient (Wildman–Crippen LogP) is 5.56. The van der Waals surface area contributed by atoms with Crippen LogP contribution in [0.2, 0.25) is 0 Å². The molecule has 9 heteroatoms. The van der Waals surface area contributed by atoms with E-state index in [0.717, 1.165) is 36.0 Å². The van der Waals surface area contributed by atoms with Crippen LogP contribution >= 0.6 is 11.8 Å². The quantitative estimate of drug-likeness (QED) is 0.250. The number of nitrogens with zero attached hydrogens (tertiary/aromatic N) is 1. The van der Waals surface area contributed by atoms with Crippen molar-refractivity contribution in [1.29, 1.82) is 0 Å². The van der Waals surface area contributed by atoms with Gasteiger partial charge >= 0.3 is 0 Å². The molecule has 1 aliphatic carbocycles. The molecule has 0 heterocycles. The van der Waals surface area contributed by atoms with Gasteiger partial charge in [0.25, 0.3) is 5.91 Å². The Labute approximate surface area is 256 Å². The molecule has 0 saturated heterocycles. The van der Waals surface area contributed by atoms with Crippen LogP contribution in [-0.2, 0) is 21.4 Å². The number of carboxylic acids is 1. The number of carboxylic acid groups (broad SMARTS) is 1. The van der Waals surface area contributed by atoms with E-state index in [2.05, 4.69) is 5.32 Å². The number of unbranched alkanes of at least 4 members (excludes halogenated alkanes) is 1. The minimum atomic E-state index is -3.45. The summed E-state index contributed by atoms with van der Waals surface area (Å²) in [5.41, 5.74) is 3.60. The molecule has 1 fully saturated rings. The smallest absolute Gasteiger partial charge is 0.252 e. The first-order valence-electron chi connectivity index (χ1n) is 15.3. The maximum Gasteiger partial charge on any atom is 0.252 e. The highest BCUT2D eigenvalue weighted by Crippen LogP contribution is 2.30. The van der Waals surface area contributed by atoms with Crippen LogP contribution in [-0.4, -0.2) is 54.9 Å². The molecule has 0 bridgehead atoms. The number of carbonyl (C=O) groups excluding carboxylic acids is 2. The van der Waals surface area contributed by atoms with Crippen molar-refractivity contribution < 1.29 is 23.1 Å². The number of thioether (sulfide) groups is 1. The fraction of sp³-hybridized carbons (Fsp3) is 0.576. The molecule has 0 radical (unpaired) electrons. The molecule has 2 aromatic carbocycles. The molecule has 1 N–H and O–H groups in total. The second kappa shape index (κ2) is 17.1. The summed E-state index contributed by atoms with van der Waals surface area (Å²) in [6, 6.07) is 12.0. The molecule has 1 amide bonds. The van der Waals surface area contributed by atoms with Crippen molar-refractivity contribution in [2.24, 2.45) is 5.92 Å². The fourth-order valence-electron chi connectivity index (χ4n) is 5.71. The van der Waals surface area contributed by atoms with Gasteiger partial charge in [0.15, 0.2) is 0 Å². The molecule has 1 saturated carbocycles. The predicted molar refractivity (Wildman–Crippen MR) is 171 cm³/mol. The van der Waals surface area contributed by atoms with E-state index in [9.17, 15) is 23.1 Å². The van der Waals surface area contributed by atoms with Crippen molar-refractivity contribution >= 4 is 33.7 Å². The zero-order chi connectivity index (χ0) is 30.5. The SMILES string of the molecule is CCCCS(=O)(=O)N(CCCC1CCCCC1)Cc1ccc(C(=O)N[C@@H](CCSC)C(=O)[O-])c(-c2ccccc2C)c1. The van der Waals surface area contributed by atoms with Gasteiger partial charge in [-0.05, 0) is 84.9 Å². The number of amides is 1. The molecule has 0 aliphatic heterocycles. The average molecular weight is 616 g/mol. The number of carbonyl (C=O) groups is 2. The van der Waals surface area contributed by atoms with Gasteiger partial charge in [0.05, 0.1) is 17.8 Å². The molecule has 1 atom stereocenters. The van der Waals surface area contributed by atoms with Crippen LogP contribution in [0.25, 0.3) is 11.1 Å². The first-order chi connectivity index (χ1) is 20.2. The van der Waals surface area contributed by atoms with Gasteiger partial charge in [-0.1, -0.05) is 75.8 Å². The zero-order valence-electron chi connectivity index (χ0n) is 25.4. The molecule has 2 aromatic rings. The normalized spacial score (nSPS) is 15.0. The van der Waals surface area contributed by atoms with Crippen molar-refractivity contribution in [2.75, 3.05) is 24.3 Å². The Morgan fingerprint density at radius 2 is 1.81 bits per heavy atom. The highest BCUT2D eigenvalue weighted by molar-refractivity contribution is 7.98. The Bertz CT molecular complexity index is 1270. The maximum absolute atomic E-state index is 13.4. The Morgan fingerprint density at radius 1 is 1.07 bits per heavy atom. The van der Waals surface area contributed by atoms with Crippen molar-refractivity contribution in [2.45, 2.75) is 90.6 Å². The van der Waals surface area contributed by atoms with Gasteiger partial charge in [0.2, 0.25) is 10.0 Å². The molecule has 0 unspecified atom stereocenters. The standard InChI is InChI=1S/C33H48N2O5S2/c1-4-5-22-42(39,40)35(20-11-15-26-13-7-6-8-14-26)24-27-17-18-29(30(23-27)28-16-10-9-12-25(28)2)32(36)34-31(33(37)38)19-21-41-3/h9-10,12,16-18,23,26,31H,4-8,11,13-15,19-22,24H2,1-3H3,(H,34,36)(H,37,38)/p-1/t31-/m0/s1. The van der Waals surface area contributed by atoms with Crippen LogP contribution in [0.15, 0.2) is 42.5 Å². The van der Waals surface area contributed by atoms with Crippen molar-refractivity contribution in [3.8, 4) is 11.1 Å². The lowest BCUT2D eigenvalue weighted by Gasteiger charge is -2.26. The van der Waals surface area contributed by atoms with Gasteiger partial charge in [0, 0.05) is 18.7 Å². The molecule has 232 valence electrons. The highest BCUT2D eigenvalue weighted by Gasteiger charge is 2.24. The van der Waals surface area contributed by atoms with Crippen LogP contribution in [0, 0.1) is 12.8 Å². The molecular weight excluding hydrogens is 569 g/mol. The number of nitrogens with one attached hydrogen (secondary N) is 1. The summed E-state index contributed by atoms with van der Waals surface area (Å²) in [6.45, 7) is 4.66. The monoisotopic (exact) mass is 615 g/mol. The van der Waals surface area contributed by atoms with Gasteiger partial charge in [-0.2, -0.15) is 16.1 Å². The number of hydrogen-bond donors (Lipinski definition) is 1. The average Bonchev–Trinajstić information content (AvgIpc) is 2.98. The molecule has 7 nitrogen and oxygen atoms in total. The second-order valence-corrected chi connectivity index (χ2v) is 14.5. The zero-order valence-corrected chi connectivity index (χ0v) is 27.0. The van der Waals surface area contributed by atoms with Gasteiger partial charge in [-0.3, -0.25) is 4.79 Å². The Balaban J connectivity index is 1.91. The topological polar surface area (TPSA) is 107 Å². The van der Waals surface area contributed by atoms with Gasteiger partial charge in [-0.25, -0.2) is 8.42 Å². The summed E-state index contributed by atoms with van der Waals surface area (Å²) in [5, 5.41) is 14.4. The first kappa shape index (κ1) is 34.1. The summed E-state index contributed by atoms with van der Waals surface area (Å²) in [4.78, 5) is 25.1. The van der Waals surface area contributed by atoms with E-state index in [0.29, 0.717) is 35.8 Å². The van der Waals surface area contributed by atoms with Crippen molar-refractivity contribution in [1.82, 2.24) is 9.62 Å².